The molecule has 1 rings (SSSR count). The Balaban J connectivity index is 2.49. The molecular formula is C19H28N6O7. The van der Waals surface area contributed by atoms with Crippen LogP contribution in [0.4, 0.5) is 0 Å². The van der Waals surface area contributed by atoms with Gasteiger partial charge in [0, 0.05) is 37.5 Å². The quantitative estimate of drug-likeness (QED) is 0.0818. The maximum atomic E-state index is 12.2. The second-order valence-corrected chi connectivity index (χ2v) is 7.34. The number of carbonyl (C=O) groups excluding carboxylic acids is 7. The molecule has 0 saturated carbocycles. The highest BCUT2D eigenvalue weighted by atomic mass is 16.2. The summed E-state index contributed by atoms with van der Waals surface area (Å²) < 4.78 is 0. The van der Waals surface area contributed by atoms with Crippen LogP contribution in [0, 0.1) is 5.92 Å². The van der Waals surface area contributed by atoms with E-state index in [1.54, 1.807) is 0 Å². The van der Waals surface area contributed by atoms with E-state index in [9.17, 15) is 33.6 Å². The zero-order valence-corrected chi connectivity index (χ0v) is 17.9. The van der Waals surface area contributed by atoms with Gasteiger partial charge in [0.1, 0.15) is 6.54 Å². The lowest BCUT2D eigenvalue weighted by Crippen LogP contribution is -2.46. The molecule has 1 heterocycles. The third kappa shape index (κ3) is 10.3. The number of nitrogens with one attached hydrogen (secondary N) is 5. The molecule has 5 N–H and O–H groups in total. The van der Waals surface area contributed by atoms with E-state index in [0.717, 1.165) is 17.1 Å². The van der Waals surface area contributed by atoms with Crippen molar-refractivity contribution in [3.63, 3.8) is 0 Å². The SMILES string of the molecule is CC(C)CC(=O)NC(CC(=O)NCNC=O)CC(=O)NCNC(=O)CN1C(=O)C=CC1=O. The van der Waals surface area contributed by atoms with Gasteiger partial charge >= 0.3 is 0 Å². The van der Waals surface area contributed by atoms with Crippen molar-refractivity contribution in [1.82, 2.24) is 31.5 Å². The number of hydrogen-bond acceptors (Lipinski definition) is 7. The molecule has 13 nitrogen and oxygen atoms in total. The van der Waals surface area contributed by atoms with E-state index in [1.807, 2.05) is 13.8 Å². The first-order chi connectivity index (χ1) is 15.1. The summed E-state index contributed by atoms with van der Waals surface area (Å²) in [5.41, 5.74) is 0. The second kappa shape index (κ2) is 13.5. The smallest absolute Gasteiger partial charge is 0.254 e. The van der Waals surface area contributed by atoms with Crippen LogP contribution in [0.5, 0.6) is 0 Å². The molecule has 0 radical (unpaired) electrons. The van der Waals surface area contributed by atoms with Gasteiger partial charge in [-0.1, -0.05) is 13.8 Å². The predicted octanol–water partition coefficient (Wildman–Crippen LogP) is -2.77. The summed E-state index contributed by atoms with van der Waals surface area (Å²) in [5, 5.41) is 12.1. The van der Waals surface area contributed by atoms with Crippen LogP contribution in [-0.4, -0.2) is 72.7 Å². The summed E-state index contributed by atoms with van der Waals surface area (Å²) in [6.45, 7) is 2.85. The molecule has 0 spiro atoms. The zero-order chi connectivity index (χ0) is 24.1. The second-order valence-electron chi connectivity index (χ2n) is 7.34. The summed E-state index contributed by atoms with van der Waals surface area (Å²) in [6.07, 6.45) is 2.30. The van der Waals surface area contributed by atoms with E-state index < -0.39 is 42.1 Å². The van der Waals surface area contributed by atoms with Gasteiger partial charge in [0.15, 0.2) is 0 Å². The number of hydrogen-bond donors (Lipinski definition) is 5. The van der Waals surface area contributed by atoms with Crippen molar-refractivity contribution in [3.05, 3.63) is 12.2 Å². The van der Waals surface area contributed by atoms with Crippen molar-refractivity contribution >= 4 is 41.9 Å². The Labute approximate surface area is 184 Å². The van der Waals surface area contributed by atoms with Gasteiger partial charge in [-0.3, -0.25) is 38.5 Å². The molecule has 0 bridgehead atoms. The fraction of sp³-hybridized carbons (Fsp3) is 0.526. The van der Waals surface area contributed by atoms with Crippen LogP contribution in [0.2, 0.25) is 0 Å². The Morgan fingerprint density at radius 2 is 1.38 bits per heavy atom. The van der Waals surface area contributed by atoms with E-state index in [4.69, 9.17) is 0 Å². The molecule has 7 amide bonds. The minimum absolute atomic E-state index is 0.0786. The van der Waals surface area contributed by atoms with Crippen molar-refractivity contribution in [2.45, 2.75) is 39.2 Å². The maximum absolute atomic E-state index is 12.2. The summed E-state index contributed by atoms with van der Waals surface area (Å²) in [7, 11) is 0. The average Bonchev–Trinajstić information content (AvgIpc) is 2.99. The molecule has 1 unspecified atom stereocenters. The highest BCUT2D eigenvalue weighted by molar-refractivity contribution is 6.14. The molecule has 13 heteroatoms. The molecule has 0 aromatic rings. The standard InChI is InChI=1S/C19H28N6O7/c1-12(2)5-16(29)24-13(6-14(27)21-9-20-11-26)7-15(28)22-10-23-17(30)8-25-18(31)3-4-19(25)32/h3-4,11-13H,5-10H2,1-2H3,(H,20,26)(H,21,27)(H,22,28)(H,23,30)(H,24,29). The van der Waals surface area contributed by atoms with E-state index in [0.29, 0.717) is 6.41 Å². The Bertz CT molecular complexity index is 762. The summed E-state index contributed by atoms with van der Waals surface area (Å²) in [4.78, 5) is 81.9. The minimum atomic E-state index is -0.806. The normalized spacial score (nSPS) is 13.5. The number of nitrogens with zero attached hydrogens (tertiary/aromatic N) is 1. The molecular weight excluding hydrogens is 424 g/mol. The van der Waals surface area contributed by atoms with E-state index in [-0.39, 0.29) is 44.4 Å². The van der Waals surface area contributed by atoms with Gasteiger partial charge in [-0.15, -0.1) is 0 Å². The van der Waals surface area contributed by atoms with E-state index in [2.05, 4.69) is 26.6 Å². The van der Waals surface area contributed by atoms with Gasteiger partial charge in [-0.25, -0.2) is 0 Å². The van der Waals surface area contributed by atoms with Crippen molar-refractivity contribution in [2.75, 3.05) is 19.9 Å². The molecule has 0 aliphatic carbocycles. The first-order valence-electron chi connectivity index (χ1n) is 9.92. The monoisotopic (exact) mass is 452 g/mol. The van der Waals surface area contributed by atoms with Crippen LogP contribution in [0.1, 0.15) is 33.1 Å². The van der Waals surface area contributed by atoms with Crippen LogP contribution >= 0.6 is 0 Å². The first-order valence-corrected chi connectivity index (χ1v) is 9.92. The predicted molar refractivity (Wildman–Crippen MR) is 110 cm³/mol. The Hall–Kier alpha value is -3.77. The fourth-order valence-electron chi connectivity index (χ4n) is 2.64. The lowest BCUT2D eigenvalue weighted by atomic mass is 10.1. The Kier molecular flexibility index (Phi) is 11.1. The summed E-state index contributed by atoms with van der Waals surface area (Å²) in [5.74, 6) is -3.13. The van der Waals surface area contributed by atoms with Crippen LogP contribution in [0.3, 0.4) is 0 Å². The van der Waals surface area contributed by atoms with Gasteiger partial charge < -0.3 is 26.6 Å². The third-order valence-corrected chi connectivity index (χ3v) is 4.07. The molecule has 176 valence electrons. The number of imide groups is 1. The summed E-state index contributed by atoms with van der Waals surface area (Å²) in [6, 6.07) is -0.806. The van der Waals surface area contributed by atoms with E-state index in [1.165, 1.54) is 0 Å². The highest BCUT2D eigenvalue weighted by Crippen LogP contribution is 2.04. The Morgan fingerprint density at radius 1 is 0.844 bits per heavy atom. The van der Waals surface area contributed by atoms with Crippen molar-refractivity contribution in [3.8, 4) is 0 Å². The van der Waals surface area contributed by atoms with Crippen LogP contribution < -0.4 is 26.6 Å². The number of amides is 7. The Morgan fingerprint density at radius 3 is 1.91 bits per heavy atom. The first kappa shape index (κ1) is 26.3. The molecule has 0 saturated heterocycles. The van der Waals surface area contributed by atoms with Gasteiger partial charge in [0.25, 0.3) is 11.8 Å². The van der Waals surface area contributed by atoms with Gasteiger partial charge in [0.2, 0.25) is 30.0 Å². The topological polar surface area (TPSA) is 183 Å². The van der Waals surface area contributed by atoms with Crippen LogP contribution in [0.15, 0.2) is 12.2 Å². The van der Waals surface area contributed by atoms with Crippen molar-refractivity contribution in [1.29, 1.82) is 0 Å². The lowest BCUT2D eigenvalue weighted by molar-refractivity contribution is -0.141. The molecule has 1 aliphatic heterocycles. The maximum Gasteiger partial charge on any atom is 0.254 e. The lowest BCUT2D eigenvalue weighted by Gasteiger charge is -2.19. The molecule has 1 aliphatic rings. The van der Waals surface area contributed by atoms with Gasteiger partial charge in [-0.2, -0.15) is 0 Å². The van der Waals surface area contributed by atoms with E-state index >= 15 is 0 Å². The van der Waals surface area contributed by atoms with Crippen molar-refractivity contribution in [2.24, 2.45) is 5.92 Å². The van der Waals surface area contributed by atoms with Gasteiger partial charge in [-0.05, 0) is 5.92 Å². The zero-order valence-electron chi connectivity index (χ0n) is 17.9. The van der Waals surface area contributed by atoms with Crippen molar-refractivity contribution < 1.29 is 33.6 Å². The molecule has 32 heavy (non-hydrogen) atoms. The highest BCUT2D eigenvalue weighted by Gasteiger charge is 2.25. The molecule has 0 fully saturated rings. The summed E-state index contributed by atoms with van der Waals surface area (Å²) >= 11 is 0. The van der Waals surface area contributed by atoms with Gasteiger partial charge in [0.05, 0.1) is 13.3 Å². The van der Waals surface area contributed by atoms with Crippen LogP contribution in [-0.2, 0) is 33.6 Å². The van der Waals surface area contributed by atoms with Crippen LogP contribution in [0.25, 0.3) is 0 Å². The average molecular weight is 452 g/mol. The number of rotatable bonds is 14. The molecule has 1 atom stereocenters. The minimum Gasteiger partial charge on any atom is -0.352 e. The largest absolute Gasteiger partial charge is 0.352 e. The number of carbonyl (C=O) groups is 7. The fourth-order valence-corrected chi connectivity index (χ4v) is 2.64. The molecule has 0 aromatic carbocycles. The third-order valence-electron chi connectivity index (χ3n) is 4.07. The molecule has 0 aromatic heterocycles.